The molecule has 572 valence electrons. The van der Waals surface area contributed by atoms with Gasteiger partial charge in [-0.2, -0.15) is 0 Å². The van der Waals surface area contributed by atoms with Gasteiger partial charge in [0, 0.05) is 18.9 Å². The van der Waals surface area contributed by atoms with Gasteiger partial charge in [0.2, 0.25) is 0 Å². The molecular weight excluding hydrogens is 1290 g/mol. The van der Waals surface area contributed by atoms with E-state index in [9.17, 15) is 74.9 Å². The first kappa shape index (κ1) is 89.4. The summed E-state index contributed by atoms with van der Waals surface area (Å²) in [5, 5.41) is 110. The lowest BCUT2D eigenvalue weighted by atomic mass is 9.84. The fourth-order valence-electron chi connectivity index (χ4n) is 12.3. The molecule has 98 heavy (non-hydrogen) atoms. The standard InChI is InChI=1S/C73H131O24P/c1-4-7-10-13-16-19-22-25-27-30-33-35-38-41-44-47-57(75)89-51-54(92-59(77)49-46-43-40-37-34-31-28-26-23-20-17-14-11-8-5-2)52-91-98(87,88)97-71-69(95-72-67(85)62(80)60(78)55(50-74)93-72)65(83)64(82)66(84)70(71)96-73-68(86)63(81)61(79)56(94-73)53-90-58(76)48-45-42-39-36-32-29-24-21-18-15-12-9-6-3/h19,22,40,43,46,49,54-56,60-74,78-86H,4-18,20-21,23-39,41-42,44-45,47-48,50-53H2,1-3H3,(H,87,88)/b22-19-,43-40+,49-46+. The number of allylic oxidation sites excluding steroid dienone is 5. The number of carbonyl (C=O) groups is 3. The van der Waals surface area contributed by atoms with E-state index in [0.717, 1.165) is 115 Å². The minimum atomic E-state index is -5.72. The van der Waals surface area contributed by atoms with Crippen LogP contribution < -0.4 is 0 Å². The number of hydrogen-bond donors (Lipinski definition) is 11. The minimum Gasteiger partial charge on any atom is -0.463 e. The topological polar surface area (TPSA) is 374 Å². The SMILES string of the molecule is CCCCCC/C=C\CCCCCCCCCC(=O)OCC(COP(=O)(O)OC1C(OC2OC(CO)C(O)C(O)C2O)C(O)C(O)C(O)C1OC1OC(COC(=O)CCCCCCCCCCCCCCC)C(O)C(O)C1O)OC(=O)/C=C/C=C/CCCCCCCCCCCCC. The molecule has 0 bridgehead atoms. The molecule has 25 heteroatoms. The molecule has 3 fully saturated rings. The second-order valence-corrected chi connectivity index (χ2v) is 28.5. The number of hydrogen-bond acceptors (Lipinski definition) is 23. The summed E-state index contributed by atoms with van der Waals surface area (Å²) >= 11 is 0. The minimum absolute atomic E-state index is 0.0201. The van der Waals surface area contributed by atoms with Crippen LogP contribution in [-0.2, 0) is 61.2 Å². The Morgan fingerprint density at radius 1 is 0.418 bits per heavy atom. The maximum absolute atomic E-state index is 14.3. The summed E-state index contributed by atoms with van der Waals surface area (Å²) in [5.41, 5.74) is 0. The molecule has 0 amide bonds. The zero-order valence-corrected chi connectivity index (χ0v) is 60.5. The third-order valence-corrected chi connectivity index (χ3v) is 19.5. The summed E-state index contributed by atoms with van der Waals surface area (Å²) < 4.78 is 64.8. The number of aliphatic hydroxyl groups is 10. The summed E-state index contributed by atoms with van der Waals surface area (Å²) in [7, 11) is -5.72. The Morgan fingerprint density at radius 2 is 0.786 bits per heavy atom. The summed E-state index contributed by atoms with van der Waals surface area (Å²) in [4.78, 5) is 50.9. The lowest BCUT2D eigenvalue weighted by molar-refractivity contribution is -0.360. The van der Waals surface area contributed by atoms with Crippen LogP contribution in [-0.4, -0.2) is 204 Å². The van der Waals surface area contributed by atoms with Gasteiger partial charge in [-0.3, -0.25) is 18.6 Å². The summed E-state index contributed by atoms with van der Waals surface area (Å²) in [6.45, 7) is 3.32. The van der Waals surface area contributed by atoms with Crippen molar-refractivity contribution in [3.05, 3.63) is 36.5 Å². The lowest BCUT2D eigenvalue weighted by Crippen LogP contribution is -2.69. The van der Waals surface area contributed by atoms with Crippen molar-refractivity contribution in [2.24, 2.45) is 0 Å². The molecular formula is C73H131O24P. The number of ether oxygens (including phenoxy) is 7. The third kappa shape index (κ3) is 37.6. The molecule has 0 aromatic rings. The van der Waals surface area contributed by atoms with Crippen molar-refractivity contribution in [2.75, 3.05) is 26.4 Å². The first-order chi connectivity index (χ1) is 47.3. The molecule has 18 atom stereocenters. The van der Waals surface area contributed by atoms with Gasteiger partial charge >= 0.3 is 25.7 Å². The summed E-state index contributed by atoms with van der Waals surface area (Å²) in [5.74, 6) is -2.25. The van der Waals surface area contributed by atoms with E-state index in [1.807, 2.05) is 6.08 Å². The third-order valence-electron chi connectivity index (χ3n) is 18.5. The normalized spacial score (nSPS) is 27.8. The monoisotopic (exact) mass is 1420 g/mol. The first-order valence-corrected chi connectivity index (χ1v) is 39.3. The molecule has 0 radical (unpaired) electrons. The Morgan fingerprint density at radius 3 is 1.22 bits per heavy atom. The molecule has 2 heterocycles. The molecule has 1 aliphatic carbocycles. The fraction of sp³-hybridized carbons (Fsp3) is 0.877. The average Bonchev–Trinajstić information content (AvgIpc) is 0.763. The van der Waals surface area contributed by atoms with Gasteiger partial charge in [-0.1, -0.05) is 244 Å². The number of aliphatic hydroxyl groups excluding tert-OH is 10. The highest BCUT2D eigenvalue weighted by Gasteiger charge is 2.58. The molecule has 0 spiro atoms. The van der Waals surface area contributed by atoms with Crippen LogP contribution >= 0.6 is 7.82 Å². The maximum Gasteiger partial charge on any atom is 0.472 e. The molecule has 24 nitrogen and oxygen atoms in total. The highest BCUT2D eigenvalue weighted by molar-refractivity contribution is 7.47. The van der Waals surface area contributed by atoms with Gasteiger partial charge in [0.25, 0.3) is 0 Å². The number of carbonyl (C=O) groups excluding carboxylic acids is 3. The largest absolute Gasteiger partial charge is 0.472 e. The molecule has 0 aromatic carbocycles. The molecule has 18 unspecified atom stereocenters. The summed E-state index contributed by atoms with van der Waals surface area (Å²) in [6.07, 6.45) is 17.1. The summed E-state index contributed by atoms with van der Waals surface area (Å²) in [6, 6.07) is 0. The van der Waals surface area contributed by atoms with E-state index in [4.69, 9.17) is 42.2 Å². The van der Waals surface area contributed by atoms with Crippen LogP contribution in [0, 0.1) is 0 Å². The van der Waals surface area contributed by atoms with Crippen LogP contribution in [0.4, 0.5) is 0 Å². The smallest absolute Gasteiger partial charge is 0.463 e. The van der Waals surface area contributed by atoms with Gasteiger partial charge in [-0.15, -0.1) is 0 Å². The van der Waals surface area contributed by atoms with E-state index in [-0.39, 0.29) is 12.8 Å². The Balaban J connectivity index is 1.76. The van der Waals surface area contributed by atoms with E-state index in [1.165, 1.54) is 128 Å². The molecule has 11 N–H and O–H groups in total. The fourth-order valence-corrected chi connectivity index (χ4v) is 13.3. The molecule has 0 aromatic heterocycles. The van der Waals surface area contributed by atoms with Crippen molar-refractivity contribution in [3.8, 4) is 0 Å². The Bertz CT molecular complexity index is 2170. The highest BCUT2D eigenvalue weighted by Crippen LogP contribution is 2.49. The molecule has 2 saturated heterocycles. The average molecular weight is 1420 g/mol. The van der Waals surface area contributed by atoms with Crippen molar-refractivity contribution in [1.29, 1.82) is 0 Å². The zero-order valence-electron chi connectivity index (χ0n) is 59.6. The van der Waals surface area contributed by atoms with Gasteiger partial charge in [-0.25, -0.2) is 9.36 Å². The number of unbranched alkanes of at least 4 members (excludes halogenated alkanes) is 34. The van der Waals surface area contributed by atoms with Crippen molar-refractivity contribution in [1.82, 2.24) is 0 Å². The van der Waals surface area contributed by atoms with Crippen LogP contribution in [0.5, 0.6) is 0 Å². The van der Waals surface area contributed by atoms with Crippen LogP contribution in [0.15, 0.2) is 36.5 Å². The quantitative estimate of drug-likeness (QED) is 0.00513. The molecule has 3 rings (SSSR count). The van der Waals surface area contributed by atoms with E-state index < -0.39 is 156 Å². The predicted octanol–water partition coefficient (Wildman–Crippen LogP) is 10.3. The van der Waals surface area contributed by atoms with Gasteiger partial charge in [0.15, 0.2) is 18.7 Å². The molecule has 1 saturated carbocycles. The van der Waals surface area contributed by atoms with E-state index in [1.54, 1.807) is 6.08 Å². The lowest BCUT2D eigenvalue weighted by Gasteiger charge is -2.49. The van der Waals surface area contributed by atoms with Crippen molar-refractivity contribution in [3.63, 3.8) is 0 Å². The number of esters is 3. The van der Waals surface area contributed by atoms with Gasteiger partial charge in [0.1, 0.15) is 98.7 Å². The van der Waals surface area contributed by atoms with Crippen LogP contribution in [0.2, 0.25) is 0 Å². The van der Waals surface area contributed by atoms with Gasteiger partial charge in [0.05, 0.1) is 13.2 Å². The predicted molar refractivity (Wildman–Crippen MR) is 370 cm³/mol. The van der Waals surface area contributed by atoms with E-state index >= 15 is 0 Å². The second-order valence-electron chi connectivity index (χ2n) is 27.1. The highest BCUT2D eigenvalue weighted by atomic mass is 31.2. The Kier molecular flexibility index (Phi) is 50.0. The Labute approximate surface area is 585 Å². The van der Waals surface area contributed by atoms with Crippen LogP contribution in [0.3, 0.4) is 0 Å². The van der Waals surface area contributed by atoms with E-state index in [0.29, 0.717) is 12.8 Å². The van der Waals surface area contributed by atoms with E-state index in [2.05, 4.69) is 32.9 Å². The van der Waals surface area contributed by atoms with Crippen LogP contribution in [0.1, 0.15) is 278 Å². The second kappa shape index (κ2) is 54.8. The first-order valence-electron chi connectivity index (χ1n) is 37.8. The van der Waals surface area contributed by atoms with Crippen molar-refractivity contribution < 1.29 is 117 Å². The van der Waals surface area contributed by atoms with Gasteiger partial charge < -0.3 is 89.1 Å². The maximum atomic E-state index is 14.3. The Hall–Kier alpha value is -2.82. The number of rotatable bonds is 58. The van der Waals surface area contributed by atoms with Crippen molar-refractivity contribution in [2.45, 2.75) is 382 Å². The molecule has 2 aliphatic heterocycles. The van der Waals surface area contributed by atoms with Crippen LogP contribution in [0.25, 0.3) is 0 Å². The number of phosphoric ester groups is 1. The van der Waals surface area contributed by atoms with Gasteiger partial charge in [-0.05, 0) is 51.4 Å². The molecule has 3 aliphatic rings. The zero-order chi connectivity index (χ0) is 71.8. The number of phosphoric acid groups is 1. The van der Waals surface area contributed by atoms with Crippen molar-refractivity contribution >= 4 is 25.7 Å².